The van der Waals surface area contributed by atoms with Gasteiger partial charge in [-0.1, -0.05) is 13.8 Å². The second-order valence-electron chi connectivity index (χ2n) is 5.39. The van der Waals surface area contributed by atoms with Gasteiger partial charge in [0.05, 0.1) is 6.61 Å². The predicted molar refractivity (Wildman–Crippen MR) is 83.1 cm³/mol. The lowest BCUT2D eigenvalue weighted by molar-refractivity contribution is 0.339. The van der Waals surface area contributed by atoms with E-state index in [1.807, 2.05) is 6.92 Å². The zero-order valence-electron chi connectivity index (χ0n) is 12.6. The van der Waals surface area contributed by atoms with Crippen molar-refractivity contribution in [3.05, 3.63) is 0 Å². The first-order chi connectivity index (χ1) is 8.93. The number of nitrogens with two attached hydrogens (primary N) is 1. The number of nitrogens with one attached hydrogen (secondary N) is 1. The van der Waals surface area contributed by atoms with Gasteiger partial charge in [-0.25, -0.2) is 0 Å². The monoisotopic (exact) mass is 286 g/mol. The van der Waals surface area contributed by atoms with Gasteiger partial charge in [0.25, 0.3) is 0 Å². The highest BCUT2D eigenvalue weighted by atomic mass is 32.1. The average molecular weight is 286 g/mol. The van der Waals surface area contributed by atoms with Gasteiger partial charge >= 0.3 is 0 Å². The summed E-state index contributed by atoms with van der Waals surface area (Å²) in [5.41, 5.74) is 5.83. The fourth-order valence-electron chi connectivity index (χ4n) is 2.04. The molecule has 0 amide bonds. The summed E-state index contributed by atoms with van der Waals surface area (Å²) in [4.78, 5) is 2.19. The maximum Gasteiger partial charge on any atom is 0.197 e. The number of hydrogen-bond acceptors (Lipinski definition) is 6. The zero-order chi connectivity index (χ0) is 14.4. The van der Waals surface area contributed by atoms with Crippen molar-refractivity contribution < 1.29 is 4.74 Å². The van der Waals surface area contributed by atoms with Crippen LogP contribution in [0.5, 0.6) is 5.75 Å². The van der Waals surface area contributed by atoms with Crippen LogP contribution in [0.15, 0.2) is 0 Å². The summed E-state index contributed by atoms with van der Waals surface area (Å²) in [5, 5.41) is 4.46. The molecule has 0 saturated heterocycles. The van der Waals surface area contributed by atoms with Crippen molar-refractivity contribution in [2.75, 3.05) is 38.3 Å². The molecule has 0 fully saturated rings. The molecule has 0 aliphatic heterocycles. The molecule has 1 rings (SSSR count). The number of nitrogen functional groups attached to an aromatic ring is 1. The Bertz CT molecular complexity index is 369. The fraction of sp³-hybridized carbons (Fsp3) is 0.769. The van der Waals surface area contributed by atoms with Crippen molar-refractivity contribution in [2.45, 2.75) is 33.2 Å². The largest absolute Gasteiger partial charge is 0.487 e. The van der Waals surface area contributed by atoms with Gasteiger partial charge in [0, 0.05) is 12.6 Å². The highest BCUT2D eigenvalue weighted by molar-refractivity contribution is 7.11. The molecule has 1 unspecified atom stereocenters. The minimum Gasteiger partial charge on any atom is -0.487 e. The second kappa shape index (κ2) is 7.55. The summed E-state index contributed by atoms with van der Waals surface area (Å²) in [6.45, 7) is 7.98. The smallest absolute Gasteiger partial charge is 0.197 e. The van der Waals surface area contributed by atoms with Crippen LogP contribution in [-0.2, 0) is 0 Å². The summed E-state index contributed by atoms with van der Waals surface area (Å²) in [6.07, 6.45) is 1.10. The van der Waals surface area contributed by atoms with E-state index in [4.69, 9.17) is 10.5 Å². The van der Waals surface area contributed by atoms with Crippen LogP contribution in [-0.4, -0.2) is 42.6 Å². The van der Waals surface area contributed by atoms with Gasteiger partial charge in [0.15, 0.2) is 16.6 Å². The van der Waals surface area contributed by atoms with Crippen LogP contribution in [0.4, 0.5) is 10.8 Å². The quantitative estimate of drug-likeness (QED) is 0.769. The van der Waals surface area contributed by atoms with Crippen LogP contribution in [0.3, 0.4) is 0 Å². The van der Waals surface area contributed by atoms with E-state index in [0.29, 0.717) is 30.1 Å². The number of anilines is 2. The lowest BCUT2D eigenvalue weighted by atomic mass is 10.0. The lowest BCUT2D eigenvalue weighted by Crippen LogP contribution is -2.33. The van der Waals surface area contributed by atoms with E-state index in [1.165, 1.54) is 11.5 Å². The Morgan fingerprint density at radius 2 is 2.11 bits per heavy atom. The normalized spacial score (nSPS) is 13.0. The molecule has 0 bridgehead atoms. The van der Waals surface area contributed by atoms with Crippen molar-refractivity contribution in [1.29, 1.82) is 0 Å². The molecule has 0 radical (unpaired) electrons. The molecule has 3 N–H and O–H groups in total. The third-order valence-electron chi connectivity index (χ3n) is 2.64. The minimum absolute atomic E-state index is 0.369. The topological polar surface area (TPSA) is 63.4 Å². The molecule has 5 nitrogen and oxygen atoms in total. The van der Waals surface area contributed by atoms with Gasteiger partial charge in [-0.15, -0.1) is 0 Å². The minimum atomic E-state index is 0.369. The standard InChI is InChI=1S/C13H26N4OS/c1-6-18-11-12(14)16-19-13(11)15-10(7-9(2)3)8-17(4)5/h9-10,15H,6-8H2,1-5H3,(H2,14,16). The number of hydrogen-bond donors (Lipinski definition) is 2. The summed E-state index contributed by atoms with van der Waals surface area (Å²) < 4.78 is 9.73. The molecule has 0 spiro atoms. The molecule has 0 saturated carbocycles. The van der Waals surface area contributed by atoms with E-state index in [2.05, 4.69) is 42.5 Å². The SMILES string of the molecule is CCOc1c(N)nsc1NC(CC(C)C)CN(C)C. The number of ether oxygens (including phenoxy) is 1. The van der Waals surface area contributed by atoms with Crippen molar-refractivity contribution >= 4 is 22.4 Å². The van der Waals surface area contributed by atoms with Crippen LogP contribution in [0, 0.1) is 5.92 Å². The van der Waals surface area contributed by atoms with E-state index in [1.54, 1.807) is 0 Å². The number of nitrogens with zero attached hydrogens (tertiary/aromatic N) is 2. The van der Waals surface area contributed by atoms with Gasteiger partial charge in [0.2, 0.25) is 0 Å². The van der Waals surface area contributed by atoms with Gasteiger partial charge in [-0.2, -0.15) is 4.37 Å². The summed E-state index contributed by atoms with van der Waals surface area (Å²) in [6, 6.07) is 0.369. The van der Waals surface area contributed by atoms with Gasteiger partial charge in [-0.05, 0) is 44.9 Å². The number of likely N-dealkylation sites (N-methyl/N-ethyl adjacent to an activating group) is 1. The molecule has 19 heavy (non-hydrogen) atoms. The third-order valence-corrected chi connectivity index (χ3v) is 3.41. The number of aromatic nitrogens is 1. The molecule has 110 valence electrons. The van der Waals surface area contributed by atoms with E-state index in [9.17, 15) is 0 Å². The van der Waals surface area contributed by atoms with Crippen LogP contribution in [0.1, 0.15) is 27.2 Å². The lowest BCUT2D eigenvalue weighted by Gasteiger charge is -2.24. The average Bonchev–Trinajstić information content (AvgIpc) is 2.60. The van der Waals surface area contributed by atoms with Crippen molar-refractivity contribution in [2.24, 2.45) is 5.92 Å². The Kier molecular flexibility index (Phi) is 6.37. The van der Waals surface area contributed by atoms with Crippen molar-refractivity contribution in [1.82, 2.24) is 9.27 Å². The number of rotatable bonds is 8. The van der Waals surface area contributed by atoms with Crippen LogP contribution in [0.2, 0.25) is 0 Å². The van der Waals surface area contributed by atoms with Crippen molar-refractivity contribution in [3.8, 4) is 5.75 Å². The Balaban J connectivity index is 2.77. The van der Waals surface area contributed by atoms with Gasteiger partial charge in [-0.3, -0.25) is 0 Å². The van der Waals surface area contributed by atoms with E-state index in [-0.39, 0.29) is 0 Å². The molecule has 0 aromatic carbocycles. The molecular weight excluding hydrogens is 260 g/mol. The summed E-state index contributed by atoms with van der Waals surface area (Å²) >= 11 is 1.37. The first kappa shape index (κ1) is 16.0. The highest BCUT2D eigenvalue weighted by Gasteiger charge is 2.18. The Morgan fingerprint density at radius 3 is 2.63 bits per heavy atom. The molecular formula is C13H26N4OS. The van der Waals surface area contributed by atoms with Gasteiger partial charge in [0.1, 0.15) is 0 Å². The highest BCUT2D eigenvalue weighted by Crippen LogP contribution is 2.36. The first-order valence-corrected chi connectivity index (χ1v) is 7.50. The van der Waals surface area contributed by atoms with Crippen LogP contribution in [0.25, 0.3) is 0 Å². The summed E-state index contributed by atoms with van der Waals surface area (Å²) in [7, 11) is 4.17. The fourth-order valence-corrected chi connectivity index (χ4v) is 2.78. The van der Waals surface area contributed by atoms with Gasteiger partial charge < -0.3 is 20.7 Å². The Morgan fingerprint density at radius 1 is 1.42 bits per heavy atom. The maximum atomic E-state index is 5.83. The molecule has 6 heteroatoms. The zero-order valence-corrected chi connectivity index (χ0v) is 13.4. The van der Waals surface area contributed by atoms with Crippen LogP contribution < -0.4 is 15.8 Å². The van der Waals surface area contributed by atoms with Crippen LogP contribution >= 0.6 is 11.5 Å². The van der Waals surface area contributed by atoms with E-state index >= 15 is 0 Å². The molecule has 1 aromatic heterocycles. The first-order valence-electron chi connectivity index (χ1n) is 6.73. The maximum absolute atomic E-state index is 5.83. The predicted octanol–water partition coefficient (Wildman–Crippen LogP) is 2.51. The van der Waals surface area contributed by atoms with Crippen molar-refractivity contribution in [3.63, 3.8) is 0 Å². The second-order valence-corrected chi connectivity index (χ2v) is 6.17. The molecule has 0 aliphatic carbocycles. The van der Waals surface area contributed by atoms with E-state index < -0.39 is 0 Å². The Labute approximate surface area is 120 Å². The molecule has 1 heterocycles. The molecule has 0 aliphatic rings. The van der Waals surface area contributed by atoms with E-state index in [0.717, 1.165) is 18.0 Å². The Hall–Kier alpha value is -1.01. The third kappa shape index (κ3) is 5.24. The summed E-state index contributed by atoms with van der Waals surface area (Å²) in [5.74, 6) is 1.81. The molecule has 1 atom stereocenters. The molecule has 1 aromatic rings.